The number of aliphatic hydroxyl groups is 4. The van der Waals surface area contributed by atoms with Gasteiger partial charge in [-0.05, 0) is 0 Å². The van der Waals surface area contributed by atoms with E-state index in [0.717, 1.165) is 0 Å². The van der Waals surface area contributed by atoms with Gasteiger partial charge in [-0.3, -0.25) is 0 Å². The van der Waals surface area contributed by atoms with E-state index in [2.05, 4.69) is 4.74 Å². The van der Waals surface area contributed by atoms with E-state index in [0.29, 0.717) is 0 Å². The Kier molecular flexibility index (Phi) is 10.6. The fourth-order valence-corrected chi connectivity index (χ4v) is 0.300. The normalized spacial score (nSPS) is 10.5. The molecule has 0 spiro atoms. The lowest BCUT2D eigenvalue weighted by atomic mass is 9.93. The van der Waals surface area contributed by atoms with E-state index in [1.807, 2.05) is 0 Å². The lowest BCUT2D eigenvalue weighted by Crippen LogP contribution is -2.37. The van der Waals surface area contributed by atoms with Gasteiger partial charge in [0.1, 0.15) is 0 Å². The van der Waals surface area contributed by atoms with Gasteiger partial charge in [0, 0.05) is 14.2 Å². The van der Waals surface area contributed by atoms with Gasteiger partial charge in [-0.2, -0.15) is 0 Å². The summed E-state index contributed by atoms with van der Waals surface area (Å²) in [6.45, 7) is -1.62. The zero-order valence-electron chi connectivity index (χ0n) is 7.53. The maximum atomic E-state index is 8.50. The van der Waals surface area contributed by atoms with Crippen LogP contribution in [0.4, 0.5) is 0 Å². The van der Waals surface area contributed by atoms with Gasteiger partial charge in [-0.15, -0.1) is 0 Å². The third-order valence-corrected chi connectivity index (χ3v) is 1.34. The average molecular weight is 182 g/mol. The first-order valence-corrected chi connectivity index (χ1v) is 3.50. The molecule has 0 aromatic heterocycles. The number of methoxy groups -OCH3 is 1. The van der Waals surface area contributed by atoms with E-state index in [9.17, 15) is 0 Å². The summed E-state index contributed by atoms with van der Waals surface area (Å²) in [6.07, 6.45) is 0. The molecule has 0 atom stereocenters. The summed E-state index contributed by atoms with van der Waals surface area (Å²) in [6, 6.07) is 0. The van der Waals surface area contributed by atoms with E-state index >= 15 is 0 Å². The summed E-state index contributed by atoms with van der Waals surface area (Å²) in [5, 5.41) is 34.0. The molecule has 0 saturated heterocycles. The summed E-state index contributed by atoms with van der Waals surface area (Å²) in [5.41, 5.74) is -1.11. The fraction of sp³-hybridized carbons (Fsp3) is 1.00. The number of ether oxygens (including phenoxy) is 1. The Labute approximate surface area is 72.2 Å². The van der Waals surface area contributed by atoms with Crippen LogP contribution in [0.5, 0.6) is 0 Å². The van der Waals surface area contributed by atoms with Crippen molar-refractivity contribution in [2.75, 3.05) is 40.6 Å². The lowest BCUT2D eigenvalue weighted by molar-refractivity contribution is -0.0328. The molecule has 5 nitrogen and oxygen atoms in total. The first kappa shape index (κ1) is 14.3. The zero-order valence-corrected chi connectivity index (χ0v) is 7.53. The molecule has 0 aliphatic carbocycles. The Bertz CT molecular complexity index is 64.4. The van der Waals surface area contributed by atoms with Crippen molar-refractivity contribution in [2.45, 2.75) is 0 Å². The second kappa shape index (κ2) is 8.89. The van der Waals surface area contributed by atoms with Crippen LogP contribution in [-0.2, 0) is 4.74 Å². The highest BCUT2D eigenvalue weighted by molar-refractivity contribution is 4.74. The zero-order chi connectivity index (χ0) is 10.0. The van der Waals surface area contributed by atoms with E-state index in [1.165, 1.54) is 0 Å². The van der Waals surface area contributed by atoms with Crippen molar-refractivity contribution in [3.63, 3.8) is 0 Å². The van der Waals surface area contributed by atoms with Crippen LogP contribution < -0.4 is 0 Å². The molecule has 0 radical (unpaired) electrons. The van der Waals surface area contributed by atoms with Crippen molar-refractivity contribution in [1.29, 1.82) is 0 Å². The van der Waals surface area contributed by atoms with Gasteiger partial charge < -0.3 is 25.2 Å². The molecule has 0 bridgehead atoms. The number of hydrogen-bond acceptors (Lipinski definition) is 5. The van der Waals surface area contributed by atoms with Crippen molar-refractivity contribution in [3.05, 3.63) is 0 Å². The van der Waals surface area contributed by atoms with Gasteiger partial charge in [-0.25, -0.2) is 0 Å². The number of aliphatic hydroxyl groups excluding tert-OH is 4. The quantitative estimate of drug-likeness (QED) is 0.412. The molecule has 4 N–H and O–H groups in total. The van der Waals surface area contributed by atoms with Gasteiger partial charge in [0.05, 0.1) is 31.8 Å². The molecule has 0 aromatic rings. The first-order chi connectivity index (χ1) is 5.66. The molecule has 0 fully saturated rings. The second-order valence-corrected chi connectivity index (χ2v) is 2.54. The lowest BCUT2D eigenvalue weighted by Gasteiger charge is -2.23. The van der Waals surface area contributed by atoms with Gasteiger partial charge >= 0.3 is 0 Å². The third-order valence-electron chi connectivity index (χ3n) is 1.34. The van der Waals surface area contributed by atoms with E-state index in [1.54, 1.807) is 14.2 Å². The largest absolute Gasteiger partial charge is 0.396 e. The minimum absolute atomic E-state index is 0.406. The van der Waals surface area contributed by atoms with Crippen molar-refractivity contribution in [3.8, 4) is 0 Å². The average Bonchev–Trinajstić information content (AvgIpc) is 2.11. The minimum atomic E-state index is -1.11. The molecule has 0 aliphatic heterocycles. The molecule has 5 heteroatoms. The topological polar surface area (TPSA) is 90.2 Å². The minimum Gasteiger partial charge on any atom is -0.396 e. The summed E-state index contributed by atoms with van der Waals surface area (Å²) in [4.78, 5) is 0. The maximum Gasteiger partial charge on any atom is 0.0627 e. The molecular formula is C7H18O5. The summed E-state index contributed by atoms with van der Waals surface area (Å²) in [5.74, 6) is 0. The predicted molar refractivity (Wildman–Crippen MR) is 43.7 cm³/mol. The van der Waals surface area contributed by atoms with Crippen molar-refractivity contribution >= 4 is 0 Å². The highest BCUT2D eigenvalue weighted by atomic mass is 16.4. The Morgan fingerprint density at radius 3 is 1.00 bits per heavy atom. The summed E-state index contributed by atoms with van der Waals surface area (Å²) < 4.78 is 4.25. The Balaban J connectivity index is 0. The molecule has 0 aromatic carbocycles. The Morgan fingerprint density at radius 2 is 1.00 bits per heavy atom. The fourth-order valence-electron chi connectivity index (χ4n) is 0.300. The molecule has 0 rings (SSSR count). The van der Waals surface area contributed by atoms with Crippen LogP contribution in [0, 0.1) is 5.41 Å². The van der Waals surface area contributed by atoms with Crippen LogP contribution in [0.1, 0.15) is 0 Å². The predicted octanol–water partition coefficient (Wildman–Crippen LogP) is -1.80. The van der Waals surface area contributed by atoms with E-state index in [-0.39, 0.29) is 0 Å². The highest BCUT2D eigenvalue weighted by Crippen LogP contribution is 2.11. The SMILES string of the molecule is COC.OCC(CO)(CO)CO. The van der Waals surface area contributed by atoms with Gasteiger partial charge in [-0.1, -0.05) is 0 Å². The molecule has 0 heterocycles. The van der Waals surface area contributed by atoms with Crippen LogP contribution in [0.15, 0.2) is 0 Å². The van der Waals surface area contributed by atoms with Gasteiger partial charge in [0.15, 0.2) is 0 Å². The van der Waals surface area contributed by atoms with Crippen LogP contribution >= 0.6 is 0 Å². The highest BCUT2D eigenvalue weighted by Gasteiger charge is 2.26. The molecule has 0 saturated carbocycles. The maximum absolute atomic E-state index is 8.50. The van der Waals surface area contributed by atoms with Crippen LogP contribution in [0.2, 0.25) is 0 Å². The number of hydrogen-bond donors (Lipinski definition) is 4. The van der Waals surface area contributed by atoms with Crippen LogP contribution in [-0.4, -0.2) is 61.1 Å². The van der Waals surface area contributed by atoms with Crippen molar-refractivity contribution in [2.24, 2.45) is 5.41 Å². The molecule has 0 amide bonds. The van der Waals surface area contributed by atoms with E-state index < -0.39 is 31.8 Å². The molecule has 76 valence electrons. The van der Waals surface area contributed by atoms with Crippen molar-refractivity contribution < 1.29 is 25.2 Å². The van der Waals surface area contributed by atoms with Crippen LogP contribution in [0.25, 0.3) is 0 Å². The summed E-state index contributed by atoms with van der Waals surface area (Å²) >= 11 is 0. The van der Waals surface area contributed by atoms with Gasteiger partial charge in [0.25, 0.3) is 0 Å². The standard InChI is InChI=1S/C5H12O4.C2H6O/c6-1-5(2-7,3-8)4-9;1-3-2/h6-9H,1-4H2;1-2H3. The Hall–Kier alpha value is -0.200. The first-order valence-electron chi connectivity index (χ1n) is 3.50. The second-order valence-electron chi connectivity index (χ2n) is 2.54. The molecule has 0 unspecified atom stereocenters. The van der Waals surface area contributed by atoms with Crippen molar-refractivity contribution in [1.82, 2.24) is 0 Å². The third kappa shape index (κ3) is 5.45. The molecular weight excluding hydrogens is 164 g/mol. The number of rotatable bonds is 4. The smallest absolute Gasteiger partial charge is 0.0627 e. The molecule has 12 heavy (non-hydrogen) atoms. The van der Waals surface area contributed by atoms with E-state index in [4.69, 9.17) is 20.4 Å². The summed E-state index contributed by atoms with van der Waals surface area (Å²) in [7, 11) is 3.25. The Morgan fingerprint density at radius 1 is 0.833 bits per heavy atom. The monoisotopic (exact) mass is 182 g/mol. The molecule has 0 aliphatic rings. The van der Waals surface area contributed by atoms with Crippen LogP contribution in [0.3, 0.4) is 0 Å². The van der Waals surface area contributed by atoms with Gasteiger partial charge in [0.2, 0.25) is 0 Å².